The van der Waals surface area contributed by atoms with Crippen molar-refractivity contribution in [2.75, 3.05) is 0 Å². The van der Waals surface area contributed by atoms with Crippen molar-refractivity contribution in [1.29, 1.82) is 0 Å². The topological polar surface area (TPSA) is 86.2 Å². The molecule has 6 rings (SSSR count). The fraction of sp³-hybridized carbons (Fsp3) is 0. The van der Waals surface area contributed by atoms with E-state index < -0.39 is 0 Å². The van der Waals surface area contributed by atoms with Gasteiger partial charge in [0, 0.05) is 11.1 Å². The highest BCUT2D eigenvalue weighted by molar-refractivity contribution is 7.18. The number of thiazole rings is 1. The van der Waals surface area contributed by atoms with Gasteiger partial charge in [0.2, 0.25) is 0 Å². The Hall–Kier alpha value is -3.84. The third kappa shape index (κ3) is 2.41. The van der Waals surface area contributed by atoms with Crippen LogP contribution in [-0.4, -0.2) is 21.5 Å². The smallest absolute Gasteiger partial charge is 0.266 e. The number of rotatable bonds is 2. The molecule has 7 heteroatoms. The molecule has 1 aliphatic rings. The van der Waals surface area contributed by atoms with E-state index in [1.165, 1.54) is 23.7 Å². The first kappa shape index (κ1) is 16.1. The van der Waals surface area contributed by atoms with Crippen LogP contribution >= 0.6 is 11.3 Å². The number of allylic oxidation sites excluding steroid dienone is 1. The summed E-state index contributed by atoms with van der Waals surface area (Å²) in [7, 11) is 0. The third-order valence-electron chi connectivity index (χ3n) is 4.86. The Morgan fingerprint density at radius 1 is 0.897 bits per heavy atom. The molecule has 0 unspecified atom stereocenters. The van der Waals surface area contributed by atoms with Crippen LogP contribution in [0, 0.1) is 0 Å². The van der Waals surface area contributed by atoms with Crippen LogP contribution < -0.4 is 0 Å². The number of hydrogen-bond donors (Lipinski definition) is 0. The maximum atomic E-state index is 12.9. The van der Waals surface area contributed by atoms with E-state index in [0.717, 1.165) is 10.8 Å². The number of aromatic nitrogens is 2. The van der Waals surface area contributed by atoms with Crippen molar-refractivity contribution in [2.45, 2.75) is 0 Å². The molecule has 0 aliphatic heterocycles. The summed E-state index contributed by atoms with van der Waals surface area (Å²) in [5, 5.41) is 2.34. The minimum atomic E-state index is -0.285. The van der Waals surface area contributed by atoms with Crippen molar-refractivity contribution in [3.63, 3.8) is 0 Å². The molecule has 0 fully saturated rings. The van der Waals surface area contributed by atoms with Crippen LogP contribution in [0.2, 0.25) is 0 Å². The first-order chi connectivity index (χ1) is 14.2. The van der Waals surface area contributed by atoms with Gasteiger partial charge in [0.25, 0.3) is 11.6 Å². The standard InChI is InChI=1S/C22H10N2O4S/c25-18-13-8-11-4-1-2-5-12(11)9-14(13)19(26)15(18)10-17-23-21-22(29-17)24-20(28-21)16-6-3-7-27-16/h1-10H. The number of furan rings is 1. The number of ketones is 2. The fourth-order valence-corrected chi connectivity index (χ4v) is 4.30. The molecule has 0 atom stereocenters. The summed E-state index contributed by atoms with van der Waals surface area (Å²) in [6.45, 7) is 0. The van der Waals surface area contributed by atoms with Crippen molar-refractivity contribution in [3.05, 3.63) is 76.5 Å². The van der Waals surface area contributed by atoms with Gasteiger partial charge < -0.3 is 8.83 Å². The Kier molecular flexibility index (Phi) is 3.24. The van der Waals surface area contributed by atoms with E-state index in [1.807, 2.05) is 24.3 Å². The van der Waals surface area contributed by atoms with Gasteiger partial charge >= 0.3 is 0 Å². The Bertz CT molecular complexity index is 1400. The molecule has 0 amide bonds. The third-order valence-corrected chi connectivity index (χ3v) is 5.73. The Morgan fingerprint density at radius 2 is 1.62 bits per heavy atom. The first-order valence-corrected chi connectivity index (χ1v) is 9.64. The second kappa shape index (κ2) is 5.83. The van der Waals surface area contributed by atoms with Crippen LogP contribution in [-0.2, 0) is 0 Å². The van der Waals surface area contributed by atoms with Gasteiger partial charge in [-0.25, -0.2) is 0 Å². The lowest BCUT2D eigenvalue weighted by Crippen LogP contribution is -2.00. The summed E-state index contributed by atoms with van der Waals surface area (Å²) in [6, 6.07) is 14.7. The average molecular weight is 398 g/mol. The van der Waals surface area contributed by atoms with Crippen LogP contribution in [0.3, 0.4) is 0 Å². The van der Waals surface area contributed by atoms with E-state index >= 15 is 0 Å². The molecule has 29 heavy (non-hydrogen) atoms. The zero-order valence-electron chi connectivity index (χ0n) is 14.7. The monoisotopic (exact) mass is 398 g/mol. The second-order valence-corrected chi connectivity index (χ2v) is 7.63. The van der Waals surface area contributed by atoms with Crippen LogP contribution in [0.1, 0.15) is 25.7 Å². The van der Waals surface area contributed by atoms with Gasteiger partial charge in [0.15, 0.2) is 22.2 Å². The molecule has 1 aliphatic carbocycles. The van der Waals surface area contributed by atoms with E-state index in [-0.39, 0.29) is 17.1 Å². The van der Waals surface area contributed by atoms with Gasteiger partial charge in [0.1, 0.15) is 5.01 Å². The SMILES string of the molecule is O=C1C(=Cc2nc3oc(-c4ccco4)nc3s2)C(=O)c2cc3ccccc3cc21. The van der Waals surface area contributed by atoms with Gasteiger partial charge in [-0.05, 0) is 41.1 Å². The molecule has 5 aromatic rings. The van der Waals surface area contributed by atoms with Gasteiger partial charge in [-0.3, -0.25) is 9.59 Å². The Balaban J connectivity index is 1.41. The van der Waals surface area contributed by atoms with Gasteiger partial charge in [-0.15, -0.1) is 0 Å². The van der Waals surface area contributed by atoms with E-state index in [9.17, 15) is 9.59 Å². The lowest BCUT2D eigenvalue weighted by Gasteiger charge is -2.00. The maximum Gasteiger partial charge on any atom is 0.266 e. The van der Waals surface area contributed by atoms with Crippen LogP contribution in [0.25, 0.3) is 39.0 Å². The average Bonchev–Trinajstić information content (AvgIpc) is 3.48. The van der Waals surface area contributed by atoms with Crippen LogP contribution in [0.5, 0.6) is 0 Å². The molecule has 3 heterocycles. The number of Topliss-reactive ketones (excluding diaryl/α,β-unsaturated/α-hetero) is 2. The highest BCUT2D eigenvalue weighted by Gasteiger charge is 2.33. The van der Waals surface area contributed by atoms with Crippen molar-refractivity contribution in [3.8, 4) is 11.7 Å². The summed E-state index contributed by atoms with van der Waals surface area (Å²) < 4.78 is 10.9. The molecular formula is C22H10N2O4S. The van der Waals surface area contributed by atoms with E-state index in [0.29, 0.717) is 38.3 Å². The lowest BCUT2D eigenvalue weighted by molar-refractivity contribution is 0.0990. The summed E-state index contributed by atoms with van der Waals surface area (Å²) in [5.41, 5.74) is 1.31. The molecule has 0 saturated carbocycles. The molecule has 6 nitrogen and oxygen atoms in total. The number of nitrogens with zero attached hydrogens (tertiary/aromatic N) is 2. The van der Waals surface area contributed by atoms with E-state index in [1.54, 1.807) is 24.3 Å². The first-order valence-electron chi connectivity index (χ1n) is 8.82. The summed E-state index contributed by atoms with van der Waals surface area (Å²) >= 11 is 1.25. The van der Waals surface area contributed by atoms with Crippen molar-refractivity contribution in [2.24, 2.45) is 0 Å². The van der Waals surface area contributed by atoms with Crippen molar-refractivity contribution in [1.82, 2.24) is 9.97 Å². The molecule has 0 bridgehead atoms. The number of oxazole rings is 1. The Labute approximate surface area is 167 Å². The number of carbonyl (C=O) groups is 2. The van der Waals surface area contributed by atoms with E-state index in [2.05, 4.69) is 9.97 Å². The molecule has 0 N–H and O–H groups in total. The zero-order valence-corrected chi connectivity index (χ0v) is 15.5. The van der Waals surface area contributed by atoms with E-state index in [4.69, 9.17) is 8.83 Å². The largest absolute Gasteiger partial charge is 0.459 e. The van der Waals surface area contributed by atoms with Gasteiger partial charge in [0.05, 0.1) is 11.8 Å². The molecule has 3 aromatic heterocycles. The summed E-state index contributed by atoms with van der Waals surface area (Å²) in [4.78, 5) is 35.0. The molecule has 138 valence electrons. The Morgan fingerprint density at radius 3 is 2.24 bits per heavy atom. The number of benzene rings is 2. The predicted octanol–water partition coefficient (Wildman–Crippen LogP) is 5.16. The normalized spacial score (nSPS) is 13.6. The van der Waals surface area contributed by atoms with Crippen molar-refractivity contribution >= 4 is 50.3 Å². The second-order valence-electron chi connectivity index (χ2n) is 6.62. The zero-order chi connectivity index (χ0) is 19.5. The minimum absolute atomic E-state index is 0.109. The highest BCUT2D eigenvalue weighted by atomic mass is 32.1. The summed E-state index contributed by atoms with van der Waals surface area (Å²) in [6.07, 6.45) is 3.05. The highest BCUT2D eigenvalue weighted by Crippen LogP contribution is 2.34. The van der Waals surface area contributed by atoms with Crippen molar-refractivity contribution < 1.29 is 18.4 Å². The van der Waals surface area contributed by atoms with Gasteiger partial charge in [-0.1, -0.05) is 35.6 Å². The minimum Gasteiger partial charge on any atom is -0.459 e. The summed E-state index contributed by atoms with van der Waals surface area (Å²) in [5.74, 6) is 0.285. The van der Waals surface area contributed by atoms with Crippen LogP contribution in [0.15, 0.2) is 69.2 Å². The van der Waals surface area contributed by atoms with Crippen LogP contribution in [0.4, 0.5) is 0 Å². The molecule has 0 spiro atoms. The quantitative estimate of drug-likeness (QED) is 0.302. The predicted molar refractivity (Wildman–Crippen MR) is 108 cm³/mol. The fourth-order valence-electron chi connectivity index (χ4n) is 3.49. The maximum absolute atomic E-state index is 12.9. The molecule has 0 saturated heterocycles. The lowest BCUT2D eigenvalue weighted by atomic mass is 10.0. The number of fused-ring (bicyclic) bond motifs is 3. The molecule has 0 radical (unpaired) electrons. The van der Waals surface area contributed by atoms with Gasteiger partial charge in [-0.2, -0.15) is 9.97 Å². The molecule has 2 aromatic carbocycles. The molecular weight excluding hydrogens is 388 g/mol. The number of carbonyl (C=O) groups excluding carboxylic acids is 2. The number of hydrogen-bond acceptors (Lipinski definition) is 7.